The van der Waals surface area contributed by atoms with E-state index in [1.807, 2.05) is 0 Å². The van der Waals surface area contributed by atoms with Gasteiger partial charge in [0, 0.05) is 25.5 Å². The third-order valence-electron chi connectivity index (χ3n) is 2.80. The first-order chi connectivity index (χ1) is 8.95. The molecular formula is C14H19NO4. The minimum absolute atomic E-state index is 0.0228. The minimum Gasteiger partial charge on any atom is -0.388 e. The van der Waals surface area contributed by atoms with E-state index in [1.54, 1.807) is 31.2 Å². The number of Topliss-reactive ketones (excluding diaryl/α,β-unsaturated/α-hetero) is 1. The van der Waals surface area contributed by atoms with Crippen molar-refractivity contribution in [2.45, 2.75) is 32.5 Å². The van der Waals surface area contributed by atoms with Crippen molar-refractivity contribution in [1.29, 1.82) is 0 Å². The van der Waals surface area contributed by atoms with Crippen LogP contribution in [0.2, 0.25) is 0 Å². The summed E-state index contributed by atoms with van der Waals surface area (Å²) in [5.74, 6) is -0.299. The third-order valence-corrected chi connectivity index (χ3v) is 2.80. The monoisotopic (exact) mass is 265 g/mol. The number of aliphatic hydroxyl groups excluding tert-OH is 2. The Kier molecular flexibility index (Phi) is 5.66. The molecule has 0 spiro atoms. The van der Waals surface area contributed by atoms with E-state index in [9.17, 15) is 19.8 Å². The predicted octanol–water partition coefficient (Wildman–Crippen LogP) is 0.810. The largest absolute Gasteiger partial charge is 0.388 e. The number of ketones is 1. The lowest BCUT2D eigenvalue weighted by atomic mass is 9.99. The molecule has 104 valence electrons. The molecule has 0 aliphatic rings. The lowest BCUT2D eigenvalue weighted by Crippen LogP contribution is -2.34. The van der Waals surface area contributed by atoms with Crippen LogP contribution in [-0.4, -0.2) is 34.6 Å². The molecule has 1 amide bonds. The first-order valence-electron chi connectivity index (χ1n) is 6.19. The highest BCUT2D eigenvalue weighted by molar-refractivity contribution is 5.95. The number of amides is 1. The lowest BCUT2D eigenvalue weighted by Gasteiger charge is -2.18. The van der Waals surface area contributed by atoms with Gasteiger partial charge in [0.05, 0.1) is 0 Å². The van der Waals surface area contributed by atoms with Crippen molar-refractivity contribution in [3.63, 3.8) is 0 Å². The summed E-state index contributed by atoms with van der Waals surface area (Å²) in [4.78, 5) is 22.3. The zero-order valence-corrected chi connectivity index (χ0v) is 11.1. The molecule has 2 unspecified atom stereocenters. The SMILES string of the molecule is CCC(=O)c1cccc(C(O)C(O)CNC(C)=O)c1. The van der Waals surface area contributed by atoms with Gasteiger partial charge in [-0.1, -0.05) is 25.1 Å². The van der Waals surface area contributed by atoms with Crippen LogP contribution >= 0.6 is 0 Å². The molecule has 0 radical (unpaired) electrons. The Morgan fingerprint density at radius 3 is 2.58 bits per heavy atom. The minimum atomic E-state index is -1.14. The lowest BCUT2D eigenvalue weighted by molar-refractivity contribution is -0.119. The highest BCUT2D eigenvalue weighted by atomic mass is 16.3. The number of carbonyl (C=O) groups excluding carboxylic acids is 2. The quantitative estimate of drug-likeness (QED) is 0.664. The van der Waals surface area contributed by atoms with Gasteiger partial charge in [-0.3, -0.25) is 9.59 Å². The number of hydrogen-bond donors (Lipinski definition) is 3. The Morgan fingerprint density at radius 2 is 2.00 bits per heavy atom. The van der Waals surface area contributed by atoms with Crippen molar-refractivity contribution in [3.05, 3.63) is 35.4 Å². The van der Waals surface area contributed by atoms with Gasteiger partial charge in [0.15, 0.2) is 5.78 Å². The van der Waals surface area contributed by atoms with Crippen molar-refractivity contribution in [1.82, 2.24) is 5.32 Å². The fraction of sp³-hybridized carbons (Fsp3) is 0.429. The topological polar surface area (TPSA) is 86.6 Å². The summed E-state index contributed by atoms with van der Waals surface area (Å²) in [6.07, 6.45) is -1.87. The van der Waals surface area contributed by atoms with Crippen molar-refractivity contribution in [2.75, 3.05) is 6.54 Å². The van der Waals surface area contributed by atoms with Crippen molar-refractivity contribution in [2.24, 2.45) is 0 Å². The van der Waals surface area contributed by atoms with Gasteiger partial charge in [-0.25, -0.2) is 0 Å². The van der Waals surface area contributed by atoms with E-state index in [1.165, 1.54) is 6.92 Å². The van der Waals surface area contributed by atoms with Crippen LogP contribution in [0.5, 0.6) is 0 Å². The fourth-order valence-corrected chi connectivity index (χ4v) is 1.68. The zero-order chi connectivity index (χ0) is 14.4. The Balaban J connectivity index is 2.78. The van der Waals surface area contributed by atoms with Gasteiger partial charge in [-0.2, -0.15) is 0 Å². The summed E-state index contributed by atoms with van der Waals surface area (Å²) in [5, 5.41) is 22.2. The standard InChI is InChI=1S/C14H19NO4/c1-3-12(17)10-5-4-6-11(7-10)14(19)13(18)8-15-9(2)16/h4-7,13-14,18-19H,3,8H2,1-2H3,(H,15,16). The summed E-state index contributed by atoms with van der Waals surface area (Å²) in [5.41, 5.74) is 0.961. The molecule has 19 heavy (non-hydrogen) atoms. The van der Waals surface area contributed by atoms with Crippen LogP contribution in [-0.2, 0) is 4.79 Å². The maximum atomic E-state index is 11.6. The molecule has 0 fully saturated rings. The van der Waals surface area contributed by atoms with E-state index in [4.69, 9.17) is 0 Å². The van der Waals surface area contributed by atoms with Crippen LogP contribution in [0.15, 0.2) is 24.3 Å². The molecule has 2 atom stereocenters. The Labute approximate surface area is 112 Å². The summed E-state index contributed by atoms with van der Waals surface area (Å²) >= 11 is 0. The van der Waals surface area contributed by atoms with E-state index < -0.39 is 12.2 Å². The maximum Gasteiger partial charge on any atom is 0.216 e. The molecule has 1 aromatic rings. The summed E-state index contributed by atoms with van der Waals surface area (Å²) in [6.45, 7) is 3.05. The highest BCUT2D eigenvalue weighted by Crippen LogP contribution is 2.18. The number of hydrogen-bond acceptors (Lipinski definition) is 4. The average Bonchev–Trinajstić information content (AvgIpc) is 2.43. The molecule has 0 aliphatic carbocycles. The molecular weight excluding hydrogens is 246 g/mol. The second-order valence-corrected chi connectivity index (χ2v) is 4.35. The number of nitrogens with one attached hydrogen (secondary N) is 1. The number of benzene rings is 1. The maximum absolute atomic E-state index is 11.6. The molecule has 0 aromatic heterocycles. The molecule has 0 bridgehead atoms. The third kappa shape index (κ3) is 4.46. The van der Waals surface area contributed by atoms with E-state index >= 15 is 0 Å². The molecule has 1 aromatic carbocycles. The number of aliphatic hydroxyl groups is 2. The van der Waals surface area contributed by atoms with E-state index in [-0.39, 0.29) is 18.2 Å². The predicted molar refractivity (Wildman–Crippen MR) is 70.7 cm³/mol. The second kappa shape index (κ2) is 7.01. The summed E-state index contributed by atoms with van der Waals surface area (Å²) in [7, 11) is 0. The van der Waals surface area contributed by atoms with Crippen LogP contribution in [0.25, 0.3) is 0 Å². The first kappa shape index (κ1) is 15.3. The van der Waals surface area contributed by atoms with Gasteiger partial charge in [0.1, 0.15) is 12.2 Å². The molecule has 5 nitrogen and oxygen atoms in total. The smallest absolute Gasteiger partial charge is 0.216 e. The van der Waals surface area contributed by atoms with E-state index in [0.717, 1.165) is 0 Å². The molecule has 3 N–H and O–H groups in total. The van der Waals surface area contributed by atoms with Gasteiger partial charge in [0.25, 0.3) is 0 Å². The Morgan fingerprint density at radius 1 is 1.32 bits per heavy atom. The molecule has 1 rings (SSSR count). The summed E-state index contributed by atoms with van der Waals surface area (Å²) < 4.78 is 0. The van der Waals surface area contributed by atoms with Crippen LogP contribution in [0, 0.1) is 0 Å². The van der Waals surface area contributed by atoms with Gasteiger partial charge in [-0.15, -0.1) is 0 Å². The average molecular weight is 265 g/mol. The Hall–Kier alpha value is -1.72. The van der Waals surface area contributed by atoms with Crippen LogP contribution in [0.1, 0.15) is 42.3 Å². The van der Waals surface area contributed by atoms with Crippen LogP contribution in [0.4, 0.5) is 0 Å². The molecule has 0 saturated carbocycles. The van der Waals surface area contributed by atoms with Crippen LogP contribution in [0.3, 0.4) is 0 Å². The van der Waals surface area contributed by atoms with Crippen LogP contribution < -0.4 is 5.32 Å². The Bertz CT molecular complexity index is 459. The normalized spacial score (nSPS) is 13.7. The molecule has 0 saturated heterocycles. The van der Waals surface area contributed by atoms with Gasteiger partial charge in [-0.05, 0) is 11.6 Å². The van der Waals surface area contributed by atoms with Crippen molar-refractivity contribution >= 4 is 11.7 Å². The summed E-state index contributed by atoms with van der Waals surface area (Å²) in [6, 6.07) is 6.52. The first-order valence-corrected chi connectivity index (χ1v) is 6.19. The van der Waals surface area contributed by atoms with Gasteiger partial charge >= 0.3 is 0 Å². The molecule has 0 heterocycles. The molecule has 5 heteroatoms. The van der Waals surface area contributed by atoms with Gasteiger partial charge < -0.3 is 15.5 Å². The molecule has 0 aliphatic heterocycles. The van der Waals surface area contributed by atoms with Crippen molar-refractivity contribution in [3.8, 4) is 0 Å². The van der Waals surface area contributed by atoms with Gasteiger partial charge in [0.2, 0.25) is 5.91 Å². The fourth-order valence-electron chi connectivity index (χ4n) is 1.68. The van der Waals surface area contributed by atoms with Crippen molar-refractivity contribution < 1.29 is 19.8 Å². The van der Waals surface area contributed by atoms with E-state index in [0.29, 0.717) is 17.5 Å². The van der Waals surface area contributed by atoms with E-state index in [2.05, 4.69) is 5.32 Å². The number of carbonyl (C=O) groups is 2. The second-order valence-electron chi connectivity index (χ2n) is 4.35. The number of rotatable bonds is 6. The zero-order valence-electron chi connectivity index (χ0n) is 11.1. The highest BCUT2D eigenvalue weighted by Gasteiger charge is 2.19.